The number of benzene rings is 2. The van der Waals surface area contributed by atoms with Gasteiger partial charge in [-0.3, -0.25) is 4.31 Å². The maximum atomic E-state index is 13.3. The van der Waals surface area contributed by atoms with E-state index < -0.39 is 22.1 Å². The Hall–Kier alpha value is -2.74. The normalized spacial score (nSPS) is 16.3. The molecule has 0 unspecified atom stereocenters. The van der Waals surface area contributed by atoms with E-state index in [2.05, 4.69) is 0 Å². The quantitative estimate of drug-likeness (QED) is 0.729. The molecule has 0 saturated heterocycles. The molecule has 3 rings (SSSR count). The molecule has 0 spiro atoms. The first-order valence-corrected chi connectivity index (χ1v) is 9.92. The Morgan fingerprint density at radius 3 is 2.67 bits per heavy atom. The minimum absolute atomic E-state index is 0.115. The monoisotopic (exact) mass is 391 g/mol. The van der Waals surface area contributed by atoms with Gasteiger partial charge in [-0.2, -0.15) is 0 Å². The Morgan fingerprint density at radius 1 is 1.26 bits per heavy atom. The molecule has 0 amide bonds. The van der Waals surface area contributed by atoms with Crippen LogP contribution in [0.1, 0.15) is 12.5 Å². The van der Waals surface area contributed by atoms with E-state index in [1.165, 1.54) is 17.5 Å². The van der Waals surface area contributed by atoms with Crippen molar-refractivity contribution in [1.29, 1.82) is 0 Å². The van der Waals surface area contributed by atoms with E-state index in [4.69, 9.17) is 14.2 Å². The lowest BCUT2D eigenvalue weighted by Crippen LogP contribution is -2.47. The van der Waals surface area contributed by atoms with Crippen molar-refractivity contribution in [3.63, 3.8) is 0 Å². The molecule has 1 atom stereocenters. The largest absolute Gasteiger partial charge is 0.494 e. The molecule has 0 fully saturated rings. The summed E-state index contributed by atoms with van der Waals surface area (Å²) in [6.45, 7) is 3.97. The predicted octanol–water partition coefficient (Wildman–Crippen LogP) is 2.52. The van der Waals surface area contributed by atoms with Gasteiger partial charge in [0, 0.05) is 0 Å². The molecule has 1 aliphatic rings. The van der Waals surface area contributed by atoms with Gasteiger partial charge in [0.15, 0.2) is 0 Å². The van der Waals surface area contributed by atoms with E-state index in [9.17, 15) is 13.2 Å². The molecule has 144 valence electrons. The number of rotatable bonds is 5. The number of anilines is 1. The van der Waals surface area contributed by atoms with Gasteiger partial charge >= 0.3 is 5.97 Å². The van der Waals surface area contributed by atoms with E-state index in [0.29, 0.717) is 29.4 Å². The maximum absolute atomic E-state index is 13.3. The van der Waals surface area contributed by atoms with Crippen LogP contribution in [0.3, 0.4) is 0 Å². The second kappa shape index (κ2) is 7.48. The summed E-state index contributed by atoms with van der Waals surface area (Å²) in [5.74, 6) is 0.309. The zero-order valence-corrected chi connectivity index (χ0v) is 16.2. The minimum atomic E-state index is -3.91. The van der Waals surface area contributed by atoms with E-state index in [1.54, 1.807) is 43.3 Å². The first-order valence-electron chi connectivity index (χ1n) is 8.48. The van der Waals surface area contributed by atoms with Crippen LogP contribution in [0.4, 0.5) is 5.69 Å². The van der Waals surface area contributed by atoms with Crippen LogP contribution in [-0.2, 0) is 19.6 Å². The van der Waals surface area contributed by atoms with Gasteiger partial charge < -0.3 is 14.2 Å². The summed E-state index contributed by atoms with van der Waals surface area (Å²) < 4.78 is 43.6. The van der Waals surface area contributed by atoms with Crippen LogP contribution >= 0.6 is 0 Å². The van der Waals surface area contributed by atoms with Crippen molar-refractivity contribution >= 4 is 21.7 Å². The van der Waals surface area contributed by atoms with Crippen LogP contribution in [0.5, 0.6) is 11.5 Å². The predicted molar refractivity (Wildman–Crippen MR) is 99.8 cm³/mol. The summed E-state index contributed by atoms with van der Waals surface area (Å²) in [7, 11) is -2.68. The molecule has 0 radical (unpaired) electrons. The van der Waals surface area contributed by atoms with E-state index in [-0.39, 0.29) is 11.4 Å². The van der Waals surface area contributed by atoms with Gasteiger partial charge in [0.25, 0.3) is 10.0 Å². The Bertz CT molecular complexity index is 956. The summed E-state index contributed by atoms with van der Waals surface area (Å²) in [6.07, 6.45) is -1.04. The van der Waals surface area contributed by atoms with Gasteiger partial charge in [0.1, 0.15) is 11.5 Å². The van der Waals surface area contributed by atoms with E-state index in [1.807, 2.05) is 6.92 Å². The molecule has 0 N–H and O–H groups in total. The molecule has 1 aliphatic heterocycles. The SMILES string of the molecule is CCOc1ccc(S(=O)(=O)N2C[C@H](C(=O)OC)Oc3ccccc32)cc1C. The fourth-order valence-electron chi connectivity index (χ4n) is 2.91. The molecule has 0 aliphatic carbocycles. The number of para-hydroxylation sites is 2. The van der Waals surface area contributed by atoms with Crippen LogP contribution in [0.2, 0.25) is 0 Å². The number of hydrogen-bond acceptors (Lipinski definition) is 6. The lowest BCUT2D eigenvalue weighted by atomic mass is 10.2. The topological polar surface area (TPSA) is 82.1 Å². The van der Waals surface area contributed by atoms with Crippen LogP contribution in [0, 0.1) is 6.92 Å². The molecule has 2 aromatic carbocycles. The average molecular weight is 391 g/mol. The van der Waals surface area contributed by atoms with Crippen molar-refractivity contribution in [3.05, 3.63) is 48.0 Å². The Morgan fingerprint density at radius 2 is 2.00 bits per heavy atom. The van der Waals surface area contributed by atoms with Gasteiger partial charge in [-0.25, -0.2) is 13.2 Å². The maximum Gasteiger partial charge on any atom is 0.348 e. The zero-order chi connectivity index (χ0) is 19.6. The van der Waals surface area contributed by atoms with E-state index in [0.717, 1.165) is 0 Å². The molecule has 0 aromatic heterocycles. The molecule has 2 aromatic rings. The number of sulfonamides is 1. The van der Waals surface area contributed by atoms with E-state index >= 15 is 0 Å². The van der Waals surface area contributed by atoms with Crippen molar-refractivity contribution in [3.8, 4) is 11.5 Å². The first-order chi connectivity index (χ1) is 12.9. The third-order valence-corrected chi connectivity index (χ3v) is 6.01. The number of esters is 1. The smallest absolute Gasteiger partial charge is 0.348 e. The summed E-state index contributed by atoms with van der Waals surface area (Å²) in [6, 6.07) is 11.4. The number of fused-ring (bicyclic) bond motifs is 1. The lowest BCUT2D eigenvalue weighted by Gasteiger charge is -2.34. The Labute approximate surface area is 158 Å². The molecule has 7 nitrogen and oxygen atoms in total. The zero-order valence-electron chi connectivity index (χ0n) is 15.3. The summed E-state index contributed by atoms with van der Waals surface area (Å²) >= 11 is 0. The van der Waals surface area contributed by atoms with Gasteiger partial charge in [0.05, 0.1) is 30.8 Å². The number of carbonyl (C=O) groups is 1. The van der Waals surface area contributed by atoms with Crippen molar-refractivity contribution in [1.82, 2.24) is 0 Å². The lowest BCUT2D eigenvalue weighted by molar-refractivity contribution is -0.148. The number of nitrogens with zero attached hydrogens (tertiary/aromatic N) is 1. The molecule has 0 saturated carbocycles. The highest BCUT2D eigenvalue weighted by Gasteiger charge is 2.38. The summed E-state index contributed by atoms with van der Waals surface area (Å²) in [5, 5.41) is 0. The highest BCUT2D eigenvalue weighted by atomic mass is 32.2. The molecule has 1 heterocycles. The first kappa shape index (κ1) is 19.0. The van der Waals surface area contributed by atoms with Crippen LogP contribution in [0.25, 0.3) is 0 Å². The van der Waals surface area contributed by atoms with Gasteiger partial charge in [-0.15, -0.1) is 0 Å². The van der Waals surface area contributed by atoms with Crippen molar-refractivity contribution in [2.45, 2.75) is 24.8 Å². The molecular weight excluding hydrogens is 370 g/mol. The van der Waals surface area contributed by atoms with Crippen LogP contribution < -0.4 is 13.8 Å². The number of ether oxygens (including phenoxy) is 3. The Kier molecular flexibility index (Phi) is 5.27. The summed E-state index contributed by atoms with van der Waals surface area (Å²) in [5.41, 5.74) is 1.09. The number of methoxy groups -OCH3 is 1. The van der Waals surface area contributed by atoms with Crippen LogP contribution in [-0.4, -0.2) is 40.8 Å². The molecule has 0 bridgehead atoms. The van der Waals surface area contributed by atoms with Crippen molar-refractivity contribution in [2.75, 3.05) is 24.6 Å². The fourth-order valence-corrected chi connectivity index (χ4v) is 4.47. The molecular formula is C19H21NO6S. The van der Waals surface area contributed by atoms with Gasteiger partial charge in [-0.1, -0.05) is 12.1 Å². The Balaban J connectivity index is 2.04. The highest BCUT2D eigenvalue weighted by molar-refractivity contribution is 7.92. The number of hydrogen-bond donors (Lipinski definition) is 0. The van der Waals surface area contributed by atoms with Gasteiger partial charge in [0.2, 0.25) is 6.10 Å². The standard InChI is InChI=1S/C19H21NO6S/c1-4-25-16-10-9-14(11-13(16)2)27(22,23)20-12-18(19(21)24-3)26-17-8-6-5-7-15(17)20/h5-11,18H,4,12H2,1-3H3/t18-/m1/s1. The average Bonchev–Trinajstić information content (AvgIpc) is 2.68. The minimum Gasteiger partial charge on any atom is -0.494 e. The number of aryl methyl sites for hydroxylation is 1. The number of carbonyl (C=O) groups excluding carboxylic acids is 1. The third-order valence-electron chi connectivity index (χ3n) is 4.23. The fraction of sp³-hybridized carbons (Fsp3) is 0.316. The summed E-state index contributed by atoms with van der Waals surface area (Å²) in [4.78, 5) is 12.1. The molecule has 27 heavy (non-hydrogen) atoms. The van der Waals surface area contributed by atoms with Gasteiger partial charge in [-0.05, 0) is 49.7 Å². The van der Waals surface area contributed by atoms with Crippen molar-refractivity contribution in [2.24, 2.45) is 0 Å². The highest BCUT2D eigenvalue weighted by Crippen LogP contribution is 2.37. The third kappa shape index (κ3) is 3.57. The second-order valence-electron chi connectivity index (χ2n) is 5.99. The van der Waals surface area contributed by atoms with Crippen LogP contribution in [0.15, 0.2) is 47.4 Å². The second-order valence-corrected chi connectivity index (χ2v) is 7.86. The molecule has 8 heteroatoms. The van der Waals surface area contributed by atoms with Crippen molar-refractivity contribution < 1.29 is 27.4 Å².